The minimum absolute atomic E-state index is 0.0116. The third kappa shape index (κ3) is 7.10. The van der Waals surface area contributed by atoms with Gasteiger partial charge < -0.3 is 41.2 Å². The molecule has 13 heteroatoms. The number of amides is 1. The molecule has 8 N–H and O–H groups in total. The number of hydrogen-bond donors (Lipinski definition) is 7. The number of aromatic carboxylic acids is 1. The van der Waals surface area contributed by atoms with Gasteiger partial charge in [0, 0.05) is 26.2 Å². The molecule has 1 aliphatic rings. The van der Waals surface area contributed by atoms with E-state index in [2.05, 4.69) is 5.32 Å². The van der Waals surface area contributed by atoms with Crippen LogP contribution in [0, 0.1) is 0 Å². The van der Waals surface area contributed by atoms with Crippen molar-refractivity contribution < 1.29 is 44.5 Å². The number of rotatable bonds is 12. The number of phenols is 1. The van der Waals surface area contributed by atoms with Gasteiger partial charge >= 0.3 is 19.1 Å². The molecule has 1 fully saturated rings. The second-order valence-electron chi connectivity index (χ2n) is 7.27. The summed E-state index contributed by atoms with van der Waals surface area (Å²) >= 11 is 0. The van der Waals surface area contributed by atoms with Crippen LogP contribution in [0.4, 0.5) is 0 Å². The van der Waals surface area contributed by atoms with Crippen LogP contribution >= 0.6 is 0 Å². The molecule has 0 bridgehead atoms. The summed E-state index contributed by atoms with van der Waals surface area (Å²) in [4.78, 5) is 35.7. The van der Waals surface area contributed by atoms with Crippen molar-refractivity contribution in [2.24, 2.45) is 5.73 Å². The molecule has 0 aliphatic carbocycles. The fraction of sp³-hybridized carbons (Fsp3) is 0.500. The SMILES string of the molecule is N[C@@H](CN1CC(Oc2ccc(CCB(O)O)c(O)c2C(=O)O)C1)C(=O)NCCC(=O)O. The number of carboxylic acids is 2. The number of likely N-dealkylation sites (tertiary alicyclic amines) is 1. The smallest absolute Gasteiger partial charge is 0.451 e. The third-order valence-corrected chi connectivity index (χ3v) is 4.76. The number of nitrogens with one attached hydrogen (secondary N) is 1. The Morgan fingerprint density at radius 2 is 1.94 bits per heavy atom. The number of nitrogens with two attached hydrogens (primary N) is 1. The molecule has 1 aliphatic heterocycles. The van der Waals surface area contributed by atoms with Crippen molar-refractivity contribution in [3.05, 3.63) is 23.3 Å². The van der Waals surface area contributed by atoms with E-state index in [9.17, 15) is 24.6 Å². The highest BCUT2D eigenvalue weighted by atomic mass is 16.5. The van der Waals surface area contributed by atoms with Gasteiger partial charge in [0.15, 0.2) is 0 Å². The quantitative estimate of drug-likeness (QED) is 0.179. The summed E-state index contributed by atoms with van der Waals surface area (Å²) in [6.45, 7) is 0.976. The van der Waals surface area contributed by atoms with E-state index in [-0.39, 0.29) is 49.7 Å². The topological polar surface area (TPSA) is 203 Å². The van der Waals surface area contributed by atoms with Gasteiger partial charge in [-0.3, -0.25) is 14.5 Å². The molecule has 2 rings (SSSR count). The second-order valence-corrected chi connectivity index (χ2v) is 7.27. The van der Waals surface area contributed by atoms with Crippen LogP contribution in [-0.4, -0.2) is 93.6 Å². The van der Waals surface area contributed by atoms with Crippen molar-refractivity contribution in [1.82, 2.24) is 10.2 Å². The largest absolute Gasteiger partial charge is 0.507 e. The zero-order valence-electron chi connectivity index (χ0n) is 16.7. The maximum atomic E-state index is 11.8. The normalized spacial score (nSPS) is 15.1. The summed E-state index contributed by atoms with van der Waals surface area (Å²) in [5.74, 6) is -3.37. The summed E-state index contributed by atoms with van der Waals surface area (Å²) in [5.41, 5.74) is 5.66. The van der Waals surface area contributed by atoms with Gasteiger partial charge in [-0.15, -0.1) is 0 Å². The van der Waals surface area contributed by atoms with E-state index in [4.69, 9.17) is 25.6 Å². The van der Waals surface area contributed by atoms with E-state index in [1.54, 1.807) is 0 Å². The molecule has 1 heterocycles. The first kappa shape index (κ1) is 24.4. The molecular formula is C18H26BN3O9. The van der Waals surface area contributed by atoms with Crippen LogP contribution < -0.4 is 15.8 Å². The Labute approximate surface area is 178 Å². The first-order valence-corrected chi connectivity index (χ1v) is 9.66. The number of carbonyl (C=O) groups is 3. The van der Waals surface area contributed by atoms with Crippen LogP contribution in [0.15, 0.2) is 12.1 Å². The first-order chi connectivity index (χ1) is 14.6. The van der Waals surface area contributed by atoms with Gasteiger partial charge in [0.2, 0.25) is 5.91 Å². The van der Waals surface area contributed by atoms with E-state index in [0.29, 0.717) is 13.1 Å². The van der Waals surface area contributed by atoms with Gasteiger partial charge in [-0.1, -0.05) is 6.07 Å². The standard InChI is InChI=1S/C18H26BN3O9/c20-12(17(26)21-6-4-14(23)24)9-22-7-11(8-22)31-13-2-1-10(3-5-19(29)30)16(25)15(13)18(27)28/h1-2,11-12,25,29-30H,3-9,20H2,(H,21,26)(H,23,24)(H,27,28)/t12-/m0/s1. The average molecular weight is 439 g/mol. The number of benzene rings is 1. The van der Waals surface area contributed by atoms with Gasteiger partial charge in [-0.2, -0.15) is 0 Å². The van der Waals surface area contributed by atoms with Crippen molar-refractivity contribution in [3.8, 4) is 11.5 Å². The highest BCUT2D eigenvalue weighted by Gasteiger charge is 2.32. The average Bonchev–Trinajstić information content (AvgIpc) is 2.64. The highest BCUT2D eigenvalue weighted by molar-refractivity contribution is 6.41. The molecule has 0 radical (unpaired) electrons. The molecule has 0 saturated carbocycles. The number of nitrogens with zero attached hydrogens (tertiary/aromatic N) is 1. The Kier molecular flexibility index (Phi) is 8.62. The lowest BCUT2D eigenvalue weighted by Gasteiger charge is -2.40. The van der Waals surface area contributed by atoms with Crippen molar-refractivity contribution in [3.63, 3.8) is 0 Å². The van der Waals surface area contributed by atoms with Gasteiger partial charge in [0.25, 0.3) is 0 Å². The van der Waals surface area contributed by atoms with Gasteiger partial charge in [0.05, 0.1) is 12.5 Å². The van der Waals surface area contributed by atoms with E-state index in [0.717, 1.165) is 0 Å². The number of ether oxygens (including phenoxy) is 1. The van der Waals surface area contributed by atoms with Crippen molar-refractivity contribution in [2.75, 3.05) is 26.2 Å². The van der Waals surface area contributed by atoms with Crippen LogP contribution in [0.1, 0.15) is 22.3 Å². The lowest BCUT2D eigenvalue weighted by atomic mass is 9.82. The van der Waals surface area contributed by atoms with E-state index in [1.807, 2.05) is 4.90 Å². The molecule has 31 heavy (non-hydrogen) atoms. The molecule has 0 spiro atoms. The minimum Gasteiger partial charge on any atom is -0.507 e. The molecule has 0 aromatic heterocycles. The van der Waals surface area contributed by atoms with Crippen LogP contribution in [0.3, 0.4) is 0 Å². The molecule has 170 valence electrons. The molecular weight excluding hydrogens is 413 g/mol. The molecule has 1 saturated heterocycles. The monoisotopic (exact) mass is 439 g/mol. The van der Waals surface area contributed by atoms with Crippen molar-refractivity contribution in [1.29, 1.82) is 0 Å². The number of aryl methyl sites for hydroxylation is 1. The second kappa shape index (κ2) is 11.0. The van der Waals surface area contributed by atoms with E-state index < -0.39 is 42.3 Å². The molecule has 12 nitrogen and oxygen atoms in total. The van der Waals surface area contributed by atoms with Crippen LogP contribution in [-0.2, 0) is 16.0 Å². The molecule has 1 amide bonds. The molecule has 1 aromatic carbocycles. The third-order valence-electron chi connectivity index (χ3n) is 4.76. The lowest BCUT2D eigenvalue weighted by Crippen LogP contribution is -2.59. The summed E-state index contributed by atoms with van der Waals surface area (Å²) in [5, 5.41) is 48.6. The molecule has 0 unspecified atom stereocenters. The van der Waals surface area contributed by atoms with Crippen molar-refractivity contribution in [2.45, 2.75) is 31.3 Å². The molecule has 1 aromatic rings. The number of carbonyl (C=O) groups excluding carboxylic acids is 1. The predicted molar refractivity (Wildman–Crippen MR) is 108 cm³/mol. The van der Waals surface area contributed by atoms with Gasteiger partial charge in [0.1, 0.15) is 23.2 Å². The maximum absolute atomic E-state index is 11.8. The zero-order chi connectivity index (χ0) is 23.1. The Hall–Kier alpha value is -2.87. The van der Waals surface area contributed by atoms with Crippen LogP contribution in [0.25, 0.3) is 0 Å². The number of aromatic hydroxyl groups is 1. The van der Waals surface area contributed by atoms with Crippen molar-refractivity contribution >= 4 is 25.0 Å². The zero-order valence-corrected chi connectivity index (χ0v) is 16.7. The fourth-order valence-electron chi connectivity index (χ4n) is 3.12. The maximum Gasteiger partial charge on any atom is 0.451 e. The summed E-state index contributed by atoms with van der Waals surface area (Å²) in [6, 6.07) is 2.02. The number of hydrogen-bond acceptors (Lipinski definition) is 9. The first-order valence-electron chi connectivity index (χ1n) is 9.66. The Morgan fingerprint density at radius 1 is 1.26 bits per heavy atom. The Morgan fingerprint density at radius 3 is 2.52 bits per heavy atom. The molecule has 1 atom stereocenters. The van der Waals surface area contributed by atoms with E-state index in [1.165, 1.54) is 12.1 Å². The van der Waals surface area contributed by atoms with Crippen LogP contribution in [0.2, 0.25) is 6.32 Å². The fourth-order valence-corrected chi connectivity index (χ4v) is 3.12. The van der Waals surface area contributed by atoms with E-state index >= 15 is 0 Å². The Balaban J connectivity index is 1.88. The Bertz CT molecular complexity index is 815. The summed E-state index contributed by atoms with van der Waals surface area (Å²) in [7, 11) is -1.57. The minimum atomic E-state index is -1.57. The predicted octanol–water partition coefficient (Wildman–Crippen LogP) is -1.91. The number of carboxylic acid groups (broad SMARTS) is 2. The van der Waals surface area contributed by atoms with Crippen LogP contribution in [0.5, 0.6) is 11.5 Å². The van der Waals surface area contributed by atoms with Gasteiger partial charge in [-0.25, -0.2) is 4.79 Å². The number of aliphatic carboxylic acids is 1. The summed E-state index contributed by atoms with van der Waals surface area (Å²) in [6.07, 6.45) is -0.553. The highest BCUT2D eigenvalue weighted by Crippen LogP contribution is 2.33. The lowest BCUT2D eigenvalue weighted by molar-refractivity contribution is -0.137. The summed E-state index contributed by atoms with van der Waals surface area (Å²) < 4.78 is 5.68. The van der Waals surface area contributed by atoms with Gasteiger partial charge in [-0.05, 0) is 24.4 Å².